The van der Waals surface area contributed by atoms with Crippen LogP contribution in [0.15, 0.2) is 30.3 Å². The number of rotatable bonds is 2. The van der Waals surface area contributed by atoms with Crippen molar-refractivity contribution in [3.8, 4) is 5.75 Å². The van der Waals surface area contributed by atoms with Crippen molar-refractivity contribution < 1.29 is 9.90 Å². The summed E-state index contributed by atoms with van der Waals surface area (Å²) in [5.74, 6) is -0.564. The lowest BCUT2D eigenvalue weighted by Crippen LogP contribution is -2.14. The zero-order chi connectivity index (χ0) is 14.9. The largest absolute Gasteiger partial charge is 0.504 e. The SMILES string of the molecule is Cc1ccc(C(=O)Nc2c(N)c(C)cc(N)c2O)cc1. The molecular weight excluding hydrogens is 254 g/mol. The van der Waals surface area contributed by atoms with Crippen molar-refractivity contribution in [2.75, 3.05) is 16.8 Å². The summed E-state index contributed by atoms with van der Waals surface area (Å²) in [6.07, 6.45) is 0. The number of amides is 1. The Morgan fingerprint density at radius 1 is 1.15 bits per heavy atom. The first kappa shape index (κ1) is 13.7. The quantitative estimate of drug-likeness (QED) is 0.497. The van der Waals surface area contributed by atoms with Crippen LogP contribution in [0.2, 0.25) is 0 Å². The van der Waals surface area contributed by atoms with Gasteiger partial charge in [0.05, 0.1) is 11.4 Å². The topological polar surface area (TPSA) is 101 Å². The monoisotopic (exact) mass is 271 g/mol. The molecule has 0 aliphatic carbocycles. The third kappa shape index (κ3) is 2.51. The van der Waals surface area contributed by atoms with Gasteiger partial charge in [-0.3, -0.25) is 4.79 Å². The van der Waals surface area contributed by atoms with Crippen molar-refractivity contribution >= 4 is 23.0 Å². The van der Waals surface area contributed by atoms with Crippen molar-refractivity contribution in [3.05, 3.63) is 47.0 Å². The Bertz CT molecular complexity index is 638. The number of nitrogens with one attached hydrogen (secondary N) is 1. The Balaban J connectivity index is 2.35. The summed E-state index contributed by atoms with van der Waals surface area (Å²) >= 11 is 0. The van der Waals surface area contributed by atoms with Crippen molar-refractivity contribution in [3.63, 3.8) is 0 Å². The smallest absolute Gasteiger partial charge is 0.255 e. The molecule has 1 amide bonds. The van der Waals surface area contributed by atoms with E-state index in [1.165, 1.54) is 0 Å². The van der Waals surface area contributed by atoms with E-state index in [1.807, 2.05) is 19.1 Å². The number of carbonyl (C=O) groups excluding carboxylic acids is 1. The van der Waals surface area contributed by atoms with Gasteiger partial charge in [0.1, 0.15) is 5.69 Å². The van der Waals surface area contributed by atoms with Crippen LogP contribution in [0, 0.1) is 13.8 Å². The highest BCUT2D eigenvalue weighted by Gasteiger charge is 2.15. The molecule has 0 aliphatic heterocycles. The van der Waals surface area contributed by atoms with Crippen LogP contribution in [0.3, 0.4) is 0 Å². The van der Waals surface area contributed by atoms with Gasteiger partial charge in [0, 0.05) is 5.56 Å². The van der Waals surface area contributed by atoms with E-state index in [4.69, 9.17) is 11.5 Å². The number of hydrogen-bond donors (Lipinski definition) is 4. The minimum Gasteiger partial charge on any atom is -0.504 e. The zero-order valence-corrected chi connectivity index (χ0v) is 11.4. The average Bonchev–Trinajstić information content (AvgIpc) is 2.42. The Morgan fingerprint density at radius 2 is 1.75 bits per heavy atom. The van der Waals surface area contributed by atoms with Gasteiger partial charge in [-0.15, -0.1) is 0 Å². The molecule has 2 aromatic rings. The highest BCUT2D eigenvalue weighted by Crippen LogP contribution is 2.37. The number of phenols is 1. The van der Waals surface area contributed by atoms with Crippen LogP contribution < -0.4 is 16.8 Å². The molecule has 0 spiro atoms. The summed E-state index contributed by atoms with van der Waals surface area (Å²) in [5, 5.41) is 12.5. The highest BCUT2D eigenvalue weighted by molar-refractivity contribution is 6.07. The third-order valence-corrected chi connectivity index (χ3v) is 3.13. The van der Waals surface area contributed by atoms with Gasteiger partial charge in [0.15, 0.2) is 5.75 Å². The summed E-state index contributed by atoms with van der Waals surface area (Å²) in [6.45, 7) is 3.69. The molecule has 2 rings (SSSR count). The lowest BCUT2D eigenvalue weighted by atomic mass is 10.1. The molecule has 0 saturated heterocycles. The molecule has 0 bridgehead atoms. The molecule has 0 atom stereocenters. The maximum Gasteiger partial charge on any atom is 0.255 e. The normalized spacial score (nSPS) is 10.3. The number of phenolic OH excluding ortho intramolecular Hbond substituents is 1. The molecule has 6 N–H and O–H groups in total. The van der Waals surface area contributed by atoms with E-state index < -0.39 is 0 Å². The van der Waals surface area contributed by atoms with Gasteiger partial charge >= 0.3 is 0 Å². The first-order chi connectivity index (χ1) is 9.40. The van der Waals surface area contributed by atoms with E-state index in [0.29, 0.717) is 16.8 Å². The maximum absolute atomic E-state index is 12.1. The van der Waals surface area contributed by atoms with Gasteiger partial charge in [-0.05, 0) is 37.6 Å². The maximum atomic E-state index is 12.1. The van der Waals surface area contributed by atoms with E-state index in [9.17, 15) is 9.90 Å². The average molecular weight is 271 g/mol. The molecule has 5 nitrogen and oxygen atoms in total. The number of aryl methyl sites for hydroxylation is 2. The molecule has 0 aromatic heterocycles. The van der Waals surface area contributed by atoms with Gasteiger partial charge in [0.25, 0.3) is 5.91 Å². The molecule has 20 heavy (non-hydrogen) atoms. The second kappa shape index (κ2) is 5.13. The predicted molar refractivity (Wildman–Crippen MR) is 80.8 cm³/mol. The van der Waals surface area contributed by atoms with E-state index >= 15 is 0 Å². The van der Waals surface area contributed by atoms with E-state index in [1.54, 1.807) is 25.1 Å². The summed E-state index contributed by atoms with van der Waals surface area (Å²) in [7, 11) is 0. The molecule has 0 heterocycles. The Hall–Kier alpha value is -2.69. The fourth-order valence-corrected chi connectivity index (χ4v) is 1.87. The number of anilines is 3. The highest BCUT2D eigenvalue weighted by atomic mass is 16.3. The van der Waals surface area contributed by atoms with Gasteiger partial charge in [0.2, 0.25) is 0 Å². The van der Waals surface area contributed by atoms with Crippen molar-refractivity contribution in [1.29, 1.82) is 0 Å². The summed E-state index contributed by atoms with van der Waals surface area (Å²) in [4.78, 5) is 12.1. The van der Waals surface area contributed by atoms with Crippen LogP contribution in [-0.2, 0) is 0 Å². The first-order valence-electron chi connectivity index (χ1n) is 6.15. The van der Waals surface area contributed by atoms with E-state index in [-0.39, 0.29) is 23.0 Å². The van der Waals surface area contributed by atoms with E-state index in [2.05, 4.69) is 5.32 Å². The van der Waals surface area contributed by atoms with Crippen LogP contribution in [0.1, 0.15) is 21.5 Å². The second-order valence-corrected chi connectivity index (χ2v) is 4.74. The molecule has 0 aliphatic rings. The van der Waals surface area contributed by atoms with Crippen LogP contribution in [0.25, 0.3) is 0 Å². The van der Waals surface area contributed by atoms with Gasteiger partial charge in [-0.25, -0.2) is 0 Å². The zero-order valence-electron chi connectivity index (χ0n) is 11.4. The number of nitrogen functional groups attached to an aromatic ring is 2. The van der Waals surface area contributed by atoms with Gasteiger partial charge < -0.3 is 21.9 Å². The molecule has 5 heteroatoms. The molecular formula is C15H17N3O2. The molecule has 2 aromatic carbocycles. The fourth-order valence-electron chi connectivity index (χ4n) is 1.87. The number of nitrogens with two attached hydrogens (primary N) is 2. The van der Waals surface area contributed by atoms with Crippen LogP contribution >= 0.6 is 0 Å². The Morgan fingerprint density at radius 3 is 2.35 bits per heavy atom. The summed E-state index contributed by atoms with van der Waals surface area (Å²) in [5.41, 5.74) is 14.4. The number of hydrogen-bond acceptors (Lipinski definition) is 4. The Labute approximate surface area is 117 Å². The summed E-state index contributed by atoms with van der Waals surface area (Å²) in [6, 6.07) is 8.64. The van der Waals surface area contributed by atoms with Crippen LogP contribution in [-0.4, -0.2) is 11.0 Å². The second-order valence-electron chi connectivity index (χ2n) is 4.74. The molecule has 104 valence electrons. The van der Waals surface area contributed by atoms with Crippen LogP contribution in [0.5, 0.6) is 5.75 Å². The van der Waals surface area contributed by atoms with E-state index in [0.717, 1.165) is 5.56 Å². The third-order valence-electron chi connectivity index (χ3n) is 3.13. The van der Waals surface area contributed by atoms with Crippen molar-refractivity contribution in [2.45, 2.75) is 13.8 Å². The summed E-state index contributed by atoms with van der Waals surface area (Å²) < 4.78 is 0. The van der Waals surface area contributed by atoms with Crippen molar-refractivity contribution in [2.24, 2.45) is 0 Å². The van der Waals surface area contributed by atoms with Gasteiger partial charge in [-0.2, -0.15) is 0 Å². The molecule has 0 radical (unpaired) electrons. The minimum atomic E-state index is -0.350. The van der Waals surface area contributed by atoms with Crippen LogP contribution in [0.4, 0.5) is 17.1 Å². The van der Waals surface area contributed by atoms with Crippen molar-refractivity contribution in [1.82, 2.24) is 0 Å². The molecule has 0 unspecified atom stereocenters. The first-order valence-corrected chi connectivity index (χ1v) is 6.15. The Kier molecular flexibility index (Phi) is 3.52. The molecule has 0 saturated carbocycles. The fraction of sp³-hybridized carbons (Fsp3) is 0.133. The minimum absolute atomic E-state index is 0.146. The standard InChI is InChI=1S/C15H17N3O2/c1-8-3-5-10(6-4-8)15(20)18-13-12(17)9(2)7-11(16)14(13)19/h3-7,19H,16-17H2,1-2H3,(H,18,20). The number of carbonyl (C=O) groups is 1. The van der Waals surface area contributed by atoms with Gasteiger partial charge in [-0.1, -0.05) is 17.7 Å². The lowest BCUT2D eigenvalue weighted by Gasteiger charge is -2.14. The number of aromatic hydroxyl groups is 1. The predicted octanol–water partition coefficient (Wildman–Crippen LogP) is 2.43. The molecule has 0 fully saturated rings. The number of benzene rings is 2. The lowest BCUT2D eigenvalue weighted by molar-refractivity contribution is 0.102.